The van der Waals surface area contributed by atoms with Gasteiger partial charge in [-0.3, -0.25) is 9.10 Å². The molecule has 1 N–H and O–H groups in total. The number of thioether (sulfide) groups is 1. The summed E-state index contributed by atoms with van der Waals surface area (Å²) >= 11 is 1.94. The van der Waals surface area contributed by atoms with Crippen molar-refractivity contribution >= 4 is 33.4 Å². The number of hydrogen-bond donors (Lipinski definition) is 1. The summed E-state index contributed by atoms with van der Waals surface area (Å²) in [6, 6.07) is 6.65. The van der Waals surface area contributed by atoms with Crippen LogP contribution in [0.5, 0.6) is 0 Å². The third-order valence-electron chi connectivity index (χ3n) is 4.32. The van der Waals surface area contributed by atoms with Gasteiger partial charge in [0.05, 0.1) is 11.4 Å². The molecule has 1 aromatic carbocycles. The molecule has 0 radical (unpaired) electrons. The van der Waals surface area contributed by atoms with Crippen LogP contribution in [0.2, 0.25) is 0 Å². The molecule has 1 aromatic rings. The van der Waals surface area contributed by atoms with Crippen LogP contribution in [0.15, 0.2) is 24.3 Å². The van der Waals surface area contributed by atoms with Crippen LogP contribution in [-0.2, 0) is 10.0 Å². The van der Waals surface area contributed by atoms with Crippen LogP contribution in [0.25, 0.3) is 0 Å². The molecule has 0 heterocycles. The average Bonchev–Trinajstić information content (AvgIpc) is 3.11. The van der Waals surface area contributed by atoms with E-state index in [0.29, 0.717) is 17.8 Å². The Morgan fingerprint density at radius 1 is 1.25 bits per heavy atom. The van der Waals surface area contributed by atoms with Crippen LogP contribution < -0.4 is 9.62 Å². The highest BCUT2D eigenvalue weighted by Crippen LogP contribution is 2.28. The van der Waals surface area contributed by atoms with E-state index in [1.165, 1.54) is 37.0 Å². The van der Waals surface area contributed by atoms with Crippen LogP contribution in [0.4, 0.5) is 5.69 Å². The molecule has 1 amide bonds. The van der Waals surface area contributed by atoms with Crippen molar-refractivity contribution in [3.63, 3.8) is 0 Å². The molecule has 2 rings (SSSR count). The number of hydrogen-bond acceptors (Lipinski definition) is 4. The predicted molar refractivity (Wildman–Crippen MR) is 101 cm³/mol. The lowest BCUT2D eigenvalue weighted by atomic mass is 10.2. The van der Waals surface area contributed by atoms with Gasteiger partial charge in [-0.2, -0.15) is 11.8 Å². The zero-order valence-corrected chi connectivity index (χ0v) is 16.0. The summed E-state index contributed by atoms with van der Waals surface area (Å²) in [6.07, 6.45) is 5.26. The molecular weight excluding hydrogens is 344 g/mol. The monoisotopic (exact) mass is 370 g/mol. The number of nitrogens with one attached hydrogen (secondary N) is 1. The number of rotatable bonds is 8. The van der Waals surface area contributed by atoms with Crippen LogP contribution in [0.1, 0.15) is 43.0 Å². The molecule has 134 valence electrons. The number of anilines is 1. The van der Waals surface area contributed by atoms with Gasteiger partial charge in [0.1, 0.15) is 0 Å². The Morgan fingerprint density at radius 3 is 2.46 bits per heavy atom. The Bertz CT molecular complexity index is 638. The number of sulfonamides is 1. The van der Waals surface area contributed by atoms with Crippen LogP contribution >= 0.6 is 11.8 Å². The molecule has 0 spiro atoms. The Balaban J connectivity index is 1.82. The largest absolute Gasteiger partial charge is 0.351 e. The minimum absolute atomic E-state index is 0.0460. The topological polar surface area (TPSA) is 66.5 Å². The fraction of sp³-hybridized carbons (Fsp3) is 0.588. The van der Waals surface area contributed by atoms with E-state index in [2.05, 4.69) is 5.32 Å². The van der Waals surface area contributed by atoms with Gasteiger partial charge < -0.3 is 5.32 Å². The quantitative estimate of drug-likeness (QED) is 0.715. The minimum atomic E-state index is -3.28. The standard InChI is InChI=1S/C17H26N2O3S2/c1-3-24(21,22)19(2)15-10-8-14(9-11-15)17(20)18-12-13-23-16-6-4-5-7-16/h8-11,16H,3-7,12-13H2,1-2H3,(H,18,20). The summed E-state index contributed by atoms with van der Waals surface area (Å²) in [6.45, 7) is 2.27. The summed E-state index contributed by atoms with van der Waals surface area (Å²) in [7, 11) is -1.76. The van der Waals surface area contributed by atoms with Crippen LogP contribution in [-0.4, -0.2) is 44.7 Å². The van der Waals surface area contributed by atoms with Gasteiger partial charge in [-0.15, -0.1) is 0 Å². The summed E-state index contributed by atoms with van der Waals surface area (Å²) in [5.74, 6) is 0.866. The van der Waals surface area contributed by atoms with Gasteiger partial charge in [-0.1, -0.05) is 12.8 Å². The van der Waals surface area contributed by atoms with E-state index in [4.69, 9.17) is 0 Å². The lowest BCUT2D eigenvalue weighted by Crippen LogP contribution is -2.28. The van der Waals surface area contributed by atoms with Crippen molar-refractivity contribution in [2.24, 2.45) is 0 Å². The zero-order valence-electron chi connectivity index (χ0n) is 14.3. The second-order valence-corrected chi connectivity index (χ2v) is 9.65. The average molecular weight is 371 g/mol. The molecule has 0 aliphatic heterocycles. The molecule has 1 fully saturated rings. The summed E-state index contributed by atoms with van der Waals surface area (Å²) in [5, 5.41) is 3.68. The first kappa shape index (κ1) is 19.1. The smallest absolute Gasteiger partial charge is 0.251 e. The Labute approximate surface area is 149 Å². The number of benzene rings is 1. The summed E-state index contributed by atoms with van der Waals surface area (Å²) in [5.41, 5.74) is 1.11. The maximum absolute atomic E-state index is 12.1. The predicted octanol–water partition coefficient (Wildman–Crippen LogP) is 2.88. The molecule has 0 bridgehead atoms. The third kappa shape index (κ3) is 5.14. The van der Waals surface area contributed by atoms with E-state index in [9.17, 15) is 13.2 Å². The highest BCUT2D eigenvalue weighted by molar-refractivity contribution is 7.99. The van der Waals surface area contributed by atoms with Gasteiger partial charge in [-0.05, 0) is 44.0 Å². The van der Waals surface area contributed by atoms with E-state index >= 15 is 0 Å². The number of carbonyl (C=O) groups excluding carboxylic acids is 1. The Morgan fingerprint density at radius 2 is 1.88 bits per heavy atom. The first-order valence-electron chi connectivity index (χ1n) is 8.40. The molecule has 1 aliphatic carbocycles. The Hall–Kier alpha value is -1.21. The van der Waals surface area contributed by atoms with Crippen molar-refractivity contribution in [1.29, 1.82) is 0 Å². The number of amides is 1. The van der Waals surface area contributed by atoms with Gasteiger partial charge in [0, 0.05) is 30.2 Å². The van der Waals surface area contributed by atoms with Gasteiger partial charge in [0.15, 0.2) is 0 Å². The second-order valence-electron chi connectivity index (χ2n) is 5.95. The van der Waals surface area contributed by atoms with Gasteiger partial charge in [-0.25, -0.2) is 8.42 Å². The van der Waals surface area contributed by atoms with Gasteiger partial charge in [0.25, 0.3) is 5.91 Å². The van der Waals surface area contributed by atoms with Crippen molar-refractivity contribution < 1.29 is 13.2 Å². The highest BCUT2D eigenvalue weighted by atomic mass is 32.2. The van der Waals surface area contributed by atoms with E-state index in [1.54, 1.807) is 31.2 Å². The normalized spacial score (nSPS) is 15.4. The van der Waals surface area contributed by atoms with Crippen molar-refractivity contribution in [3.05, 3.63) is 29.8 Å². The first-order chi connectivity index (χ1) is 11.4. The third-order valence-corrected chi connectivity index (χ3v) is 7.48. The van der Waals surface area contributed by atoms with Gasteiger partial charge >= 0.3 is 0 Å². The fourth-order valence-corrected chi connectivity index (χ4v) is 4.77. The SMILES string of the molecule is CCS(=O)(=O)N(C)c1ccc(C(=O)NCCSC2CCCC2)cc1. The van der Waals surface area contributed by atoms with Crippen molar-refractivity contribution in [2.45, 2.75) is 37.9 Å². The van der Waals surface area contributed by atoms with E-state index in [0.717, 1.165) is 11.0 Å². The molecule has 1 saturated carbocycles. The van der Waals surface area contributed by atoms with E-state index < -0.39 is 10.0 Å². The molecule has 0 unspecified atom stereocenters. The highest BCUT2D eigenvalue weighted by Gasteiger charge is 2.17. The van der Waals surface area contributed by atoms with E-state index in [-0.39, 0.29) is 11.7 Å². The van der Waals surface area contributed by atoms with Crippen molar-refractivity contribution in [1.82, 2.24) is 5.32 Å². The molecule has 0 aromatic heterocycles. The molecule has 7 heteroatoms. The second kappa shape index (κ2) is 8.76. The zero-order chi connectivity index (χ0) is 17.6. The molecule has 5 nitrogen and oxygen atoms in total. The van der Waals surface area contributed by atoms with Crippen molar-refractivity contribution in [3.8, 4) is 0 Å². The lowest BCUT2D eigenvalue weighted by molar-refractivity contribution is 0.0956. The molecule has 24 heavy (non-hydrogen) atoms. The molecule has 1 aliphatic rings. The maximum Gasteiger partial charge on any atom is 0.251 e. The van der Waals surface area contributed by atoms with Crippen LogP contribution in [0, 0.1) is 0 Å². The molecular formula is C17H26N2O3S2. The van der Waals surface area contributed by atoms with Crippen molar-refractivity contribution in [2.75, 3.05) is 29.4 Å². The molecule has 0 saturated heterocycles. The van der Waals surface area contributed by atoms with E-state index in [1.807, 2.05) is 11.8 Å². The summed E-state index contributed by atoms with van der Waals surface area (Å²) in [4.78, 5) is 12.1. The Kier molecular flexibility index (Phi) is 6.98. The maximum atomic E-state index is 12.1. The number of nitrogens with zero attached hydrogens (tertiary/aromatic N) is 1. The number of carbonyl (C=O) groups is 1. The minimum Gasteiger partial charge on any atom is -0.351 e. The fourth-order valence-electron chi connectivity index (χ4n) is 2.72. The molecule has 0 atom stereocenters. The lowest BCUT2D eigenvalue weighted by Gasteiger charge is -2.18. The van der Waals surface area contributed by atoms with Gasteiger partial charge in [0.2, 0.25) is 10.0 Å². The first-order valence-corrected chi connectivity index (χ1v) is 11.1. The van der Waals surface area contributed by atoms with Crippen LogP contribution in [0.3, 0.4) is 0 Å². The summed E-state index contributed by atoms with van der Waals surface area (Å²) < 4.78 is 24.9.